The minimum Gasteiger partial charge on any atom is -0.495 e. The summed E-state index contributed by atoms with van der Waals surface area (Å²) in [6.07, 6.45) is 1.05. The average molecular weight is 375 g/mol. The normalized spacial score (nSPS) is 20.0. The highest BCUT2D eigenvalue weighted by molar-refractivity contribution is 6.23. The third-order valence-corrected chi connectivity index (χ3v) is 5.80. The minimum atomic E-state index is -0.431. The number of H-pyrrole nitrogens is 1. The van der Waals surface area contributed by atoms with Gasteiger partial charge in [0.25, 0.3) is 5.91 Å². The van der Waals surface area contributed by atoms with Crippen molar-refractivity contribution in [2.24, 2.45) is 0 Å². The zero-order valence-corrected chi connectivity index (χ0v) is 15.6. The molecule has 1 saturated heterocycles. The summed E-state index contributed by atoms with van der Waals surface area (Å²) in [7, 11) is 1.55. The van der Waals surface area contributed by atoms with E-state index < -0.39 is 6.04 Å². The maximum absolute atomic E-state index is 13.2. The summed E-state index contributed by atoms with van der Waals surface area (Å²) in [5.74, 6) is 0.185. The number of rotatable bonds is 3. The highest BCUT2D eigenvalue weighted by Crippen LogP contribution is 2.35. The number of amides is 2. The molecule has 28 heavy (non-hydrogen) atoms. The SMILES string of the molecule is COc1ccccc1N1C(=O)CC(N2CCc3[nH]c4ccccc4c3C2)C1=O. The van der Waals surface area contributed by atoms with E-state index in [0.717, 1.165) is 18.5 Å². The van der Waals surface area contributed by atoms with Crippen LogP contribution in [0.2, 0.25) is 0 Å². The lowest BCUT2D eigenvalue weighted by atomic mass is 10.0. The van der Waals surface area contributed by atoms with Crippen LogP contribution in [-0.4, -0.2) is 41.4 Å². The standard InChI is InChI=1S/C22H21N3O3/c1-28-20-9-5-4-8-18(20)25-21(26)12-19(22(25)27)24-11-10-17-15(13-24)14-6-2-3-7-16(14)23-17/h2-9,19,23H,10-13H2,1H3. The topological polar surface area (TPSA) is 65.6 Å². The van der Waals surface area contributed by atoms with Crippen LogP contribution >= 0.6 is 0 Å². The van der Waals surface area contributed by atoms with Gasteiger partial charge in [0.1, 0.15) is 5.75 Å². The predicted octanol–water partition coefficient (Wildman–Crippen LogP) is 2.87. The van der Waals surface area contributed by atoms with E-state index in [0.29, 0.717) is 18.0 Å². The Kier molecular flexibility index (Phi) is 3.94. The van der Waals surface area contributed by atoms with Crippen LogP contribution in [0.4, 0.5) is 5.69 Å². The van der Waals surface area contributed by atoms with Crippen molar-refractivity contribution in [2.45, 2.75) is 25.4 Å². The number of nitrogens with one attached hydrogen (secondary N) is 1. The van der Waals surface area contributed by atoms with E-state index >= 15 is 0 Å². The molecule has 2 aliphatic rings. The van der Waals surface area contributed by atoms with Gasteiger partial charge in [-0.05, 0) is 23.8 Å². The highest BCUT2D eigenvalue weighted by Gasteiger charge is 2.44. The molecule has 2 aliphatic heterocycles. The first-order valence-electron chi connectivity index (χ1n) is 9.49. The van der Waals surface area contributed by atoms with E-state index in [-0.39, 0.29) is 18.2 Å². The van der Waals surface area contributed by atoms with Crippen molar-refractivity contribution in [1.82, 2.24) is 9.88 Å². The Bertz CT molecular complexity index is 1090. The van der Waals surface area contributed by atoms with Crippen molar-refractivity contribution in [3.8, 4) is 5.75 Å². The lowest BCUT2D eigenvalue weighted by molar-refractivity contribution is -0.123. The number of nitrogens with zero attached hydrogens (tertiary/aromatic N) is 2. The molecule has 6 nitrogen and oxygen atoms in total. The van der Waals surface area contributed by atoms with Crippen LogP contribution in [0, 0.1) is 0 Å². The molecule has 3 heterocycles. The number of aromatic nitrogens is 1. The van der Waals surface area contributed by atoms with Crippen LogP contribution in [0.15, 0.2) is 48.5 Å². The summed E-state index contributed by atoms with van der Waals surface area (Å²) in [5.41, 5.74) is 4.11. The summed E-state index contributed by atoms with van der Waals surface area (Å²) in [4.78, 5) is 32.8. The number of ether oxygens (including phenoxy) is 1. The highest BCUT2D eigenvalue weighted by atomic mass is 16.5. The monoisotopic (exact) mass is 375 g/mol. The second-order valence-corrected chi connectivity index (χ2v) is 7.31. The molecule has 6 heteroatoms. The molecular formula is C22H21N3O3. The molecule has 1 aromatic heterocycles. The van der Waals surface area contributed by atoms with Gasteiger partial charge in [0.15, 0.2) is 0 Å². The Labute approximate surface area is 162 Å². The summed E-state index contributed by atoms with van der Waals surface area (Å²) < 4.78 is 5.36. The lowest BCUT2D eigenvalue weighted by Gasteiger charge is -2.31. The Balaban J connectivity index is 1.45. The first-order chi connectivity index (χ1) is 13.7. The Morgan fingerprint density at radius 2 is 1.86 bits per heavy atom. The van der Waals surface area contributed by atoms with Crippen molar-refractivity contribution < 1.29 is 14.3 Å². The third-order valence-electron chi connectivity index (χ3n) is 5.80. The van der Waals surface area contributed by atoms with Gasteiger partial charge in [0.2, 0.25) is 5.91 Å². The fourth-order valence-corrected chi connectivity index (χ4v) is 4.42. The number of imide groups is 1. The Hall–Kier alpha value is -3.12. The van der Waals surface area contributed by atoms with E-state index in [1.165, 1.54) is 21.5 Å². The van der Waals surface area contributed by atoms with E-state index in [2.05, 4.69) is 22.0 Å². The molecule has 1 unspecified atom stereocenters. The Morgan fingerprint density at radius 1 is 1.07 bits per heavy atom. The van der Waals surface area contributed by atoms with E-state index in [9.17, 15) is 9.59 Å². The molecule has 2 amide bonds. The van der Waals surface area contributed by atoms with E-state index in [1.807, 2.05) is 24.3 Å². The van der Waals surface area contributed by atoms with Crippen LogP contribution in [0.3, 0.4) is 0 Å². The van der Waals surface area contributed by atoms with Crippen LogP contribution in [0.5, 0.6) is 5.75 Å². The molecule has 2 aromatic carbocycles. The molecule has 0 saturated carbocycles. The predicted molar refractivity (Wildman–Crippen MR) is 106 cm³/mol. The zero-order valence-electron chi connectivity index (χ0n) is 15.6. The number of aromatic amines is 1. The summed E-state index contributed by atoms with van der Waals surface area (Å²) in [5, 5.41) is 1.19. The second kappa shape index (κ2) is 6.49. The van der Waals surface area contributed by atoms with Gasteiger partial charge in [-0.1, -0.05) is 30.3 Å². The number of para-hydroxylation sites is 3. The molecule has 5 rings (SSSR count). The van der Waals surface area contributed by atoms with Gasteiger partial charge in [-0.2, -0.15) is 0 Å². The minimum absolute atomic E-state index is 0.169. The van der Waals surface area contributed by atoms with Gasteiger partial charge in [0, 0.05) is 36.1 Å². The first-order valence-corrected chi connectivity index (χ1v) is 9.49. The molecule has 0 aliphatic carbocycles. The summed E-state index contributed by atoms with van der Waals surface area (Å²) in [6, 6.07) is 15.0. The fourth-order valence-electron chi connectivity index (χ4n) is 4.42. The van der Waals surface area contributed by atoms with E-state index in [4.69, 9.17) is 4.74 Å². The largest absolute Gasteiger partial charge is 0.495 e. The Morgan fingerprint density at radius 3 is 2.71 bits per heavy atom. The van der Waals surface area contributed by atoms with Crippen molar-refractivity contribution in [3.63, 3.8) is 0 Å². The van der Waals surface area contributed by atoms with E-state index in [1.54, 1.807) is 19.2 Å². The van der Waals surface area contributed by atoms with Crippen LogP contribution in [0.25, 0.3) is 10.9 Å². The molecule has 0 bridgehead atoms. The van der Waals surface area contributed by atoms with Crippen molar-refractivity contribution in [1.29, 1.82) is 0 Å². The summed E-state index contributed by atoms with van der Waals surface area (Å²) >= 11 is 0. The molecule has 0 spiro atoms. The number of benzene rings is 2. The molecule has 142 valence electrons. The number of hydrogen-bond donors (Lipinski definition) is 1. The van der Waals surface area contributed by atoms with Crippen molar-refractivity contribution >= 4 is 28.4 Å². The molecule has 1 N–H and O–H groups in total. The molecule has 1 fully saturated rings. The third kappa shape index (κ3) is 2.52. The average Bonchev–Trinajstić information content (AvgIpc) is 3.24. The molecule has 3 aromatic rings. The van der Waals surface area contributed by atoms with Gasteiger partial charge in [-0.25, -0.2) is 4.90 Å². The summed E-state index contributed by atoms with van der Waals surface area (Å²) in [6.45, 7) is 1.42. The molecule has 1 atom stereocenters. The number of anilines is 1. The van der Waals surface area contributed by atoms with Gasteiger partial charge in [-0.3, -0.25) is 14.5 Å². The van der Waals surface area contributed by atoms with Gasteiger partial charge >= 0.3 is 0 Å². The van der Waals surface area contributed by atoms with Crippen molar-refractivity contribution in [3.05, 3.63) is 59.8 Å². The fraction of sp³-hybridized carbons (Fsp3) is 0.273. The van der Waals surface area contributed by atoms with Crippen LogP contribution in [0.1, 0.15) is 17.7 Å². The quantitative estimate of drug-likeness (QED) is 0.715. The lowest BCUT2D eigenvalue weighted by Crippen LogP contribution is -2.44. The maximum atomic E-state index is 13.2. The molecule has 0 radical (unpaired) electrons. The van der Waals surface area contributed by atoms with Gasteiger partial charge in [-0.15, -0.1) is 0 Å². The van der Waals surface area contributed by atoms with Crippen molar-refractivity contribution in [2.75, 3.05) is 18.6 Å². The second-order valence-electron chi connectivity index (χ2n) is 7.31. The van der Waals surface area contributed by atoms with Gasteiger partial charge in [0.05, 0.1) is 25.3 Å². The maximum Gasteiger partial charge on any atom is 0.251 e. The molecular weight excluding hydrogens is 354 g/mol. The van der Waals surface area contributed by atoms with Gasteiger partial charge < -0.3 is 9.72 Å². The smallest absolute Gasteiger partial charge is 0.251 e. The number of hydrogen-bond acceptors (Lipinski definition) is 4. The zero-order chi connectivity index (χ0) is 19.3. The number of carbonyl (C=O) groups excluding carboxylic acids is 2. The number of fused-ring (bicyclic) bond motifs is 3. The van der Waals surface area contributed by atoms with Crippen LogP contribution < -0.4 is 9.64 Å². The number of methoxy groups -OCH3 is 1. The number of carbonyl (C=O) groups is 2. The van der Waals surface area contributed by atoms with Crippen LogP contribution in [-0.2, 0) is 22.6 Å². The first kappa shape index (κ1) is 17.0.